The fourth-order valence-corrected chi connectivity index (χ4v) is 13.7. The molecule has 2 heterocycles. The first-order valence-electron chi connectivity index (χ1n) is 29.3. The monoisotopic (exact) mass is 984 g/mol. The molecule has 8 aromatic carbocycles. The van der Waals surface area contributed by atoms with Crippen LogP contribution >= 0.6 is 0 Å². The number of hydrogen-bond donors (Lipinski definition) is 0. The van der Waals surface area contributed by atoms with Crippen LogP contribution in [0.1, 0.15) is 164 Å². The van der Waals surface area contributed by atoms with Crippen molar-refractivity contribution in [3.63, 3.8) is 0 Å². The predicted octanol–water partition coefficient (Wildman–Crippen LogP) is 17.7. The van der Waals surface area contributed by atoms with Crippen LogP contribution in [0.5, 0.6) is 0 Å². The second-order valence-corrected chi connectivity index (χ2v) is 26.9. The summed E-state index contributed by atoms with van der Waals surface area (Å²) in [5.41, 5.74) is 23.1. The van der Waals surface area contributed by atoms with E-state index in [-0.39, 0.29) is 39.2 Å². The van der Waals surface area contributed by atoms with Crippen molar-refractivity contribution in [3.8, 4) is 22.3 Å². The number of anilines is 6. The Morgan fingerprint density at radius 1 is 0.413 bits per heavy atom. The van der Waals surface area contributed by atoms with E-state index in [1.165, 1.54) is 49.9 Å². The van der Waals surface area contributed by atoms with E-state index in [1.807, 2.05) is 12.1 Å². The van der Waals surface area contributed by atoms with Crippen LogP contribution in [0.3, 0.4) is 0 Å². The van der Waals surface area contributed by atoms with Gasteiger partial charge in [0.05, 0.1) is 5.69 Å². The fraction of sp³-hybridized carbons (Fsp3) is 0.333. The summed E-state index contributed by atoms with van der Waals surface area (Å²) in [5, 5.41) is 0. The van der Waals surface area contributed by atoms with E-state index in [2.05, 4.69) is 251 Å². The first-order valence-corrected chi connectivity index (χ1v) is 27.8. The molecule has 0 aromatic heterocycles. The maximum absolute atomic E-state index is 9.41. The number of rotatable bonds is 6. The summed E-state index contributed by atoms with van der Waals surface area (Å²) in [6, 6.07) is 61.1. The van der Waals surface area contributed by atoms with E-state index in [0.717, 1.165) is 87.5 Å². The Morgan fingerprint density at radius 2 is 0.960 bits per heavy atom. The van der Waals surface area contributed by atoms with Crippen LogP contribution in [0, 0.1) is 6.85 Å². The zero-order valence-corrected chi connectivity index (χ0v) is 46.9. The summed E-state index contributed by atoms with van der Waals surface area (Å²) < 4.78 is 28.2. The highest BCUT2D eigenvalue weighted by Gasteiger charge is 2.48. The van der Waals surface area contributed by atoms with Crippen LogP contribution in [0.15, 0.2) is 164 Å². The first kappa shape index (κ1) is 45.8. The molecule has 0 amide bonds. The van der Waals surface area contributed by atoms with Gasteiger partial charge in [0.1, 0.15) is 0 Å². The third-order valence-corrected chi connectivity index (χ3v) is 18.8. The van der Waals surface area contributed by atoms with Crippen molar-refractivity contribution in [3.05, 3.63) is 208 Å². The number of nitrogens with zero attached hydrogens (tertiary/aromatic N) is 2. The van der Waals surface area contributed by atoms with Gasteiger partial charge in [0.2, 0.25) is 0 Å². The molecule has 3 heteroatoms. The molecule has 75 heavy (non-hydrogen) atoms. The van der Waals surface area contributed by atoms with Crippen molar-refractivity contribution in [1.29, 1.82) is 0 Å². The summed E-state index contributed by atoms with van der Waals surface area (Å²) >= 11 is 0. The Balaban J connectivity index is 1.24. The Labute approximate surface area is 454 Å². The molecule has 0 N–H and O–H groups in total. The SMILES string of the molecule is [2H]C([2H])([2H])c1cc2c3c(c1)N(c1ccc(C(C)(C)C)cc1-c1ccccc1-c1ccccc1)c1cc(C(C)(C)c4ccccc4)ccc1B3c1cc3c(cc1N2c1ccc2c(c1)C(C)(C)CCC2(C)C)C(C)(C)CCC3(C)C. The first-order chi connectivity index (χ1) is 36.7. The van der Waals surface area contributed by atoms with Crippen molar-refractivity contribution in [1.82, 2.24) is 0 Å². The second-order valence-electron chi connectivity index (χ2n) is 26.9. The summed E-state index contributed by atoms with van der Waals surface area (Å²) in [6.07, 6.45) is 4.40. The van der Waals surface area contributed by atoms with Gasteiger partial charge in [0, 0.05) is 43.5 Å². The lowest BCUT2D eigenvalue weighted by molar-refractivity contribution is 0.332. The van der Waals surface area contributed by atoms with Crippen molar-refractivity contribution in [2.75, 3.05) is 9.80 Å². The molecule has 0 fully saturated rings. The van der Waals surface area contributed by atoms with Crippen molar-refractivity contribution in [2.24, 2.45) is 0 Å². The minimum absolute atomic E-state index is 0.0286. The number of hydrogen-bond acceptors (Lipinski definition) is 2. The third-order valence-electron chi connectivity index (χ3n) is 18.8. The predicted molar refractivity (Wildman–Crippen MR) is 324 cm³/mol. The number of benzene rings is 8. The average Bonchev–Trinajstić information content (AvgIpc) is 2.74. The third kappa shape index (κ3) is 7.88. The van der Waals surface area contributed by atoms with Gasteiger partial charge < -0.3 is 9.80 Å². The molecule has 0 saturated heterocycles. The van der Waals surface area contributed by atoms with E-state index < -0.39 is 6.85 Å². The van der Waals surface area contributed by atoms with E-state index >= 15 is 0 Å². The topological polar surface area (TPSA) is 6.48 Å². The van der Waals surface area contributed by atoms with Gasteiger partial charge in [-0.3, -0.25) is 0 Å². The van der Waals surface area contributed by atoms with Crippen LogP contribution in [-0.2, 0) is 32.5 Å². The van der Waals surface area contributed by atoms with Gasteiger partial charge in [-0.05, 0) is 186 Å². The molecule has 0 bridgehead atoms. The molecule has 12 rings (SSSR count). The summed E-state index contributed by atoms with van der Waals surface area (Å²) in [6.45, 7) is 28.2. The van der Waals surface area contributed by atoms with E-state index in [9.17, 15) is 4.11 Å². The molecule has 0 unspecified atom stereocenters. The summed E-state index contributed by atoms with van der Waals surface area (Å²) in [5.74, 6) is 0. The van der Waals surface area contributed by atoms with Crippen LogP contribution in [0.25, 0.3) is 22.3 Å². The van der Waals surface area contributed by atoms with Crippen molar-refractivity contribution in [2.45, 2.75) is 155 Å². The molecule has 8 aromatic rings. The lowest BCUT2D eigenvalue weighted by Crippen LogP contribution is -2.62. The molecular weight excluding hydrogens is 904 g/mol. The molecule has 4 aliphatic rings. The Bertz CT molecular complexity index is 3700. The Hall–Kier alpha value is -6.58. The standard InChI is InChI=1S/C72H77BN2/c1-46-39-64-66-65(40-46)75(61-34-30-49(67(2,3)4)41-54(61)53-28-22-21-27-52(53)47-23-17-15-18-24-47)62-42-50(72(13,14)48-25-19-16-20-26-48)29-33-59(62)73(66)60-44-57-58(71(11,12)38-37-70(57,9)10)45-63(60)74(64)51-31-32-55-56(43-51)69(7,8)36-35-68(55,5)6/h15-34,39-45H,35-38H2,1-14H3/i1D3. The van der Waals surface area contributed by atoms with Crippen molar-refractivity contribution >= 4 is 57.2 Å². The molecule has 0 saturated carbocycles. The number of fused-ring (bicyclic) bond motifs is 6. The van der Waals surface area contributed by atoms with Crippen LogP contribution < -0.4 is 26.2 Å². The molecule has 2 nitrogen and oxygen atoms in total. The Morgan fingerprint density at radius 3 is 1.60 bits per heavy atom. The highest BCUT2D eigenvalue weighted by molar-refractivity contribution is 7.00. The highest BCUT2D eigenvalue weighted by atomic mass is 15.2. The molecular formula is C72H77BN2. The van der Waals surface area contributed by atoms with E-state index in [4.69, 9.17) is 0 Å². The molecule has 0 radical (unpaired) electrons. The van der Waals surface area contributed by atoms with Gasteiger partial charge in [0.25, 0.3) is 6.71 Å². The summed E-state index contributed by atoms with van der Waals surface area (Å²) in [7, 11) is 0. The lowest BCUT2D eigenvalue weighted by atomic mass is 9.33. The van der Waals surface area contributed by atoms with Crippen molar-refractivity contribution < 1.29 is 4.11 Å². The van der Waals surface area contributed by atoms with Gasteiger partial charge in [-0.1, -0.05) is 205 Å². The highest BCUT2D eigenvalue weighted by Crippen LogP contribution is 2.54. The zero-order chi connectivity index (χ0) is 55.3. The molecule has 2 aliphatic carbocycles. The molecule has 0 spiro atoms. The van der Waals surface area contributed by atoms with Crippen LogP contribution in [0.2, 0.25) is 0 Å². The smallest absolute Gasteiger partial charge is 0.252 e. The summed E-state index contributed by atoms with van der Waals surface area (Å²) in [4.78, 5) is 4.96. The van der Waals surface area contributed by atoms with Gasteiger partial charge in [-0.25, -0.2) is 0 Å². The quantitative estimate of drug-likeness (QED) is 0.153. The van der Waals surface area contributed by atoms with Gasteiger partial charge in [0.15, 0.2) is 0 Å². The zero-order valence-electron chi connectivity index (χ0n) is 49.9. The fourth-order valence-electron chi connectivity index (χ4n) is 13.7. The van der Waals surface area contributed by atoms with Crippen LogP contribution in [-0.4, -0.2) is 6.71 Å². The number of aryl methyl sites for hydroxylation is 1. The van der Waals surface area contributed by atoms with E-state index in [0.29, 0.717) is 5.56 Å². The largest absolute Gasteiger partial charge is 0.311 e. The van der Waals surface area contributed by atoms with Gasteiger partial charge >= 0.3 is 0 Å². The minimum atomic E-state index is -2.42. The molecule has 0 atom stereocenters. The van der Waals surface area contributed by atoms with Crippen LogP contribution in [0.4, 0.5) is 34.1 Å². The normalized spacial score (nSPS) is 18.4. The molecule has 378 valence electrons. The lowest BCUT2D eigenvalue weighted by Gasteiger charge is -2.48. The second kappa shape index (κ2) is 17.0. The minimum Gasteiger partial charge on any atom is -0.311 e. The van der Waals surface area contributed by atoms with Gasteiger partial charge in [-0.2, -0.15) is 0 Å². The average molecular weight is 984 g/mol. The van der Waals surface area contributed by atoms with Gasteiger partial charge in [-0.15, -0.1) is 0 Å². The maximum Gasteiger partial charge on any atom is 0.252 e. The molecule has 2 aliphatic heterocycles. The maximum atomic E-state index is 9.41. The van der Waals surface area contributed by atoms with E-state index in [1.54, 1.807) is 0 Å². The Kier molecular flexibility index (Phi) is 10.4.